The molecular formula is C12H27N3O2S. The van der Waals surface area contributed by atoms with Crippen molar-refractivity contribution in [2.24, 2.45) is 11.7 Å². The molecule has 0 aliphatic carbocycles. The third-order valence-corrected chi connectivity index (χ3v) is 4.81. The highest BCUT2D eigenvalue weighted by molar-refractivity contribution is 7.89. The first kappa shape index (κ1) is 15.9. The molecule has 0 amide bonds. The normalized spacial score (nSPS) is 19.6. The molecule has 108 valence electrons. The lowest BCUT2D eigenvalue weighted by atomic mass is 10.1. The van der Waals surface area contributed by atoms with Crippen molar-refractivity contribution < 1.29 is 8.42 Å². The summed E-state index contributed by atoms with van der Waals surface area (Å²) in [5.41, 5.74) is 5.51. The van der Waals surface area contributed by atoms with E-state index in [1.165, 1.54) is 0 Å². The Morgan fingerprint density at radius 3 is 2.44 bits per heavy atom. The van der Waals surface area contributed by atoms with E-state index >= 15 is 0 Å². The monoisotopic (exact) mass is 277 g/mol. The molecule has 1 saturated heterocycles. The second-order valence-corrected chi connectivity index (χ2v) is 7.40. The molecule has 5 nitrogen and oxygen atoms in total. The summed E-state index contributed by atoms with van der Waals surface area (Å²) in [5, 5.41) is 0. The lowest BCUT2D eigenvalue weighted by Gasteiger charge is -2.31. The highest BCUT2D eigenvalue weighted by atomic mass is 32.2. The van der Waals surface area contributed by atoms with E-state index in [2.05, 4.69) is 9.62 Å². The van der Waals surface area contributed by atoms with Crippen LogP contribution in [0.1, 0.15) is 33.1 Å². The molecular weight excluding hydrogens is 250 g/mol. The molecule has 1 aliphatic heterocycles. The number of piperidine rings is 1. The summed E-state index contributed by atoms with van der Waals surface area (Å²) < 4.78 is 26.6. The van der Waals surface area contributed by atoms with E-state index in [9.17, 15) is 8.42 Å². The van der Waals surface area contributed by atoms with Crippen LogP contribution in [-0.4, -0.2) is 51.3 Å². The Bertz CT molecular complexity index is 322. The zero-order valence-corrected chi connectivity index (χ0v) is 12.4. The van der Waals surface area contributed by atoms with Gasteiger partial charge in [-0.15, -0.1) is 0 Å². The highest BCUT2D eigenvalue weighted by Crippen LogP contribution is 2.11. The highest BCUT2D eigenvalue weighted by Gasteiger charge is 2.23. The quantitative estimate of drug-likeness (QED) is 0.705. The second-order valence-electron chi connectivity index (χ2n) is 5.52. The first-order chi connectivity index (χ1) is 8.43. The fourth-order valence-electron chi connectivity index (χ4n) is 2.16. The van der Waals surface area contributed by atoms with E-state index in [1.807, 2.05) is 13.8 Å². The minimum absolute atomic E-state index is 0.108. The van der Waals surface area contributed by atoms with Gasteiger partial charge in [-0.2, -0.15) is 0 Å². The van der Waals surface area contributed by atoms with Crippen molar-refractivity contribution in [3.8, 4) is 0 Å². The molecule has 0 bridgehead atoms. The first-order valence-corrected chi connectivity index (χ1v) is 8.50. The van der Waals surface area contributed by atoms with Crippen LogP contribution < -0.4 is 10.5 Å². The summed E-state index contributed by atoms with van der Waals surface area (Å²) in [4.78, 5) is 2.29. The molecule has 0 aromatic carbocycles. The van der Waals surface area contributed by atoms with Crippen LogP contribution >= 0.6 is 0 Å². The number of hydrogen-bond acceptors (Lipinski definition) is 4. The number of hydrogen-bond donors (Lipinski definition) is 2. The molecule has 6 heteroatoms. The molecule has 0 unspecified atom stereocenters. The standard InChI is InChI=1S/C12H27N3O2S/c1-11(2)5-10-18(16,17)14-12-3-7-15(8-4-12)9-6-13/h11-12,14H,3-10,13H2,1-2H3. The molecule has 0 aromatic rings. The number of nitrogens with zero attached hydrogens (tertiary/aromatic N) is 1. The first-order valence-electron chi connectivity index (χ1n) is 6.85. The Morgan fingerprint density at radius 2 is 1.94 bits per heavy atom. The van der Waals surface area contributed by atoms with Crippen molar-refractivity contribution in [3.63, 3.8) is 0 Å². The average Bonchev–Trinajstić information content (AvgIpc) is 2.29. The summed E-state index contributed by atoms with van der Waals surface area (Å²) in [6.07, 6.45) is 2.50. The Hall–Kier alpha value is -0.170. The number of rotatable bonds is 7. The van der Waals surface area contributed by atoms with Gasteiger partial charge in [0.1, 0.15) is 0 Å². The fraction of sp³-hybridized carbons (Fsp3) is 1.00. The Labute approximate surface area is 111 Å². The zero-order valence-electron chi connectivity index (χ0n) is 11.6. The van der Waals surface area contributed by atoms with E-state index < -0.39 is 10.0 Å². The van der Waals surface area contributed by atoms with Gasteiger partial charge in [0.2, 0.25) is 10.0 Å². The van der Waals surface area contributed by atoms with E-state index in [1.54, 1.807) is 0 Å². The van der Waals surface area contributed by atoms with Crippen LogP contribution in [0.15, 0.2) is 0 Å². The van der Waals surface area contributed by atoms with Crippen molar-refractivity contribution in [1.29, 1.82) is 0 Å². The van der Waals surface area contributed by atoms with Crippen LogP contribution in [-0.2, 0) is 10.0 Å². The van der Waals surface area contributed by atoms with Crippen LogP contribution in [0.5, 0.6) is 0 Å². The smallest absolute Gasteiger partial charge is 0.211 e. The maximum atomic E-state index is 11.9. The van der Waals surface area contributed by atoms with Crippen molar-refractivity contribution in [2.45, 2.75) is 39.2 Å². The van der Waals surface area contributed by atoms with Gasteiger partial charge in [0.15, 0.2) is 0 Å². The Kier molecular flexibility index (Phi) is 6.55. The molecule has 18 heavy (non-hydrogen) atoms. The maximum absolute atomic E-state index is 11.9. The molecule has 1 aliphatic rings. The molecule has 1 fully saturated rings. The predicted molar refractivity (Wildman–Crippen MR) is 74.9 cm³/mol. The molecule has 0 atom stereocenters. The summed E-state index contributed by atoms with van der Waals surface area (Å²) in [7, 11) is -3.10. The predicted octanol–water partition coefficient (Wildman–Crippen LogP) is 0.375. The van der Waals surface area contributed by atoms with E-state index in [0.717, 1.165) is 38.9 Å². The maximum Gasteiger partial charge on any atom is 0.211 e. The Balaban J connectivity index is 2.31. The van der Waals surface area contributed by atoms with Gasteiger partial charge in [-0.3, -0.25) is 0 Å². The van der Waals surface area contributed by atoms with Gasteiger partial charge in [-0.05, 0) is 38.3 Å². The van der Waals surface area contributed by atoms with Gasteiger partial charge in [0, 0.05) is 19.1 Å². The molecule has 1 heterocycles. The largest absolute Gasteiger partial charge is 0.329 e. The molecule has 3 N–H and O–H groups in total. The topological polar surface area (TPSA) is 75.4 Å². The van der Waals surface area contributed by atoms with Crippen molar-refractivity contribution in [2.75, 3.05) is 31.9 Å². The van der Waals surface area contributed by atoms with Crippen molar-refractivity contribution in [1.82, 2.24) is 9.62 Å². The number of sulfonamides is 1. The number of nitrogens with two attached hydrogens (primary N) is 1. The van der Waals surface area contributed by atoms with Gasteiger partial charge in [-0.25, -0.2) is 13.1 Å². The van der Waals surface area contributed by atoms with Gasteiger partial charge < -0.3 is 10.6 Å². The van der Waals surface area contributed by atoms with E-state index in [-0.39, 0.29) is 11.8 Å². The van der Waals surface area contributed by atoms with Gasteiger partial charge >= 0.3 is 0 Å². The third-order valence-electron chi connectivity index (χ3n) is 3.34. The minimum Gasteiger partial charge on any atom is -0.329 e. The molecule has 0 spiro atoms. The molecule has 0 radical (unpaired) electrons. The van der Waals surface area contributed by atoms with Gasteiger partial charge in [0.25, 0.3) is 0 Å². The van der Waals surface area contributed by atoms with Crippen molar-refractivity contribution in [3.05, 3.63) is 0 Å². The number of likely N-dealkylation sites (tertiary alicyclic amines) is 1. The fourth-order valence-corrected chi connectivity index (χ4v) is 3.80. The lowest BCUT2D eigenvalue weighted by molar-refractivity contribution is 0.212. The minimum atomic E-state index is -3.10. The van der Waals surface area contributed by atoms with Crippen LogP contribution in [0.3, 0.4) is 0 Å². The third kappa shape index (κ3) is 6.13. The summed E-state index contributed by atoms with van der Waals surface area (Å²) in [5.74, 6) is 0.668. The summed E-state index contributed by atoms with van der Waals surface area (Å²) in [6, 6.07) is 0.108. The second kappa shape index (κ2) is 7.43. The van der Waals surface area contributed by atoms with Gasteiger partial charge in [0.05, 0.1) is 5.75 Å². The van der Waals surface area contributed by atoms with Crippen LogP contribution in [0, 0.1) is 5.92 Å². The SMILES string of the molecule is CC(C)CCS(=O)(=O)NC1CCN(CCN)CC1. The van der Waals surface area contributed by atoms with Crippen LogP contribution in [0.2, 0.25) is 0 Å². The molecule has 0 aromatic heterocycles. The molecule has 1 rings (SSSR count). The lowest BCUT2D eigenvalue weighted by Crippen LogP contribution is -2.46. The average molecular weight is 277 g/mol. The van der Waals surface area contributed by atoms with Gasteiger partial charge in [-0.1, -0.05) is 13.8 Å². The Morgan fingerprint density at radius 1 is 1.33 bits per heavy atom. The van der Waals surface area contributed by atoms with Crippen LogP contribution in [0.4, 0.5) is 0 Å². The number of nitrogens with one attached hydrogen (secondary N) is 1. The van der Waals surface area contributed by atoms with Crippen molar-refractivity contribution >= 4 is 10.0 Å². The van der Waals surface area contributed by atoms with E-state index in [4.69, 9.17) is 5.73 Å². The summed E-state index contributed by atoms with van der Waals surface area (Å²) in [6.45, 7) is 7.54. The summed E-state index contributed by atoms with van der Waals surface area (Å²) >= 11 is 0. The van der Waals surface area contributed by atoms with E-state index in [0.29, 0.717) is 12.5 Å². The van der Waals surface area contributed by atoms with Crippen LogP contribution in [0.25, 0.3) is 0 Å². The molecule has 0 saturated carbocycles. The zero-order chi connectivity index (χ0) is 13.6.